The van der Waals surface area contributed by atoms with E-state index in [1.54, 1.807) is 24.3 Å². The first-order valence-electron chi connectivity index (χ1n) is 8.30. The van der Waals surface area contributed by atoms with Crippen LogP contribution in [-0.2, 0) is 19.1 Å². The summed E-state index contributed by atoms with van der Waals surface area (Å²) in [4.78, 5) is 23.0. The summed E-state index contributed by atoms with van der Waals surface area (Å²) in [5, 5.41) is 0. The van der Waals surface area contributed by atoms with Gasteiger partial charge in [0.15, 0.2) is 13.2 Å². The van der Waals surface area contributed by atoms with Gasteiger partial charge in [0, 0.05) is 0 Å². The van der Waals surface area contributed by atoms with Gasteiger partial charge in [0.2, 0.25) is 0 Å². The van der Waals surface area contributed by atoms with E-state index in [-0.39, 0.29) is 26.4 Å². The predicted octanol–water partition coefficient (Wildman–Crippen LogP) is 3.46. The van der Waals surface area contributed by atoms with Gasteiger partial charge in [0.25, 0.3) is 0 Å². The molecule has 0 spiro atoms. The Morgan fingerprint density at radius 2 is 1.08 bits per heavy atom. The molecule has 6 nitrogen and oxygen atoms in total. The second kappa shape index (κ2) is 11.7. The van der Waals surface area contributed by atoms with Crippen LogP contribution < -0.4 is 9.47 Å². The first-order chi connectivity index (χ1) is 12.4. The summed E-state index contributed by atoms with van der Waals surface area (Å²) in [6, 6.07) is 6.58. The Hall–Kier alpha value is -2.76. The van der Waals surface area contributed by atoms with Crippen molar-refractivity contribution in [2.45, 2.75) is 27.7 Å². The lowest BCUT2D eigenvalue weighted by Crippen LogP contribution is -2.15. The SMILES string of the molecule is CC(C)=CCOC(=O)COc1ccc(OCC(=O)OCC=C(C)C)cc1. The fourth-order valence-corrected chi connectivity index (χ4v) is 1.60. The van der Waals surface area contributed by atoms with Gasteiger partial charge in [-0.25, -0.2) is 9.59 Å². The normalized spacial score (nSPS) is 9.69. The standard InChI is InChI=1S/C20H26O6/c1-15(2)9-11-23-19(21)13-25-17-5-7-18(8-6-17)26-14-20(22)24-12-10-16(3)4/h5-10H,11-14H2,1-4H3. The Morgan fingerprint density at radius 3 is 1.38 bits per heavy atom. The number of carbonyl (C=O) groups is 2. The number of rotatable bonds is 10. The zero-order valence-electron chi connectivity index (χ0n) is 15.7. The van der Waals surface area contributed by atoms with Crippen molar-refractivity contribution >= 4 is 11.9 Å². The van der Waals surface area contributed by atoms with Crippen LogP contribution in [0.5, 0.6) is 11.5 Å². The van der Waals surface area contributed by atoms with E-state index in [9.17, 15) is 9.59 Å². The molecule has 0 atom stereocenters. The van der Waals surface area contributed by atoms with E-state index in [0.717, 1.165) is 11.1 Å². The molecule has 0 heterocycles. The van der Waals surface area contributed by atoms with Crippen LogP contribution in [0.1, 0.15) is 27.7 Å². The van der Waals surface area contributed by atoms with Crippen molar-refractivity contribution in [1.82, 2.24) is 0 Å². The number of hydrogen-bond acceptors (Lipinski definition) is 6. The van der Waals surface area contributed by atoms with Crippen molar-refractivity contribution < 1.29 is 28.5 Å². The predicted molar refractivity (Wildman–Crippen MR) is 98.2 cm³/mol. The Labute approximate surface area is 154 Å². The molecular weight excluding hydrogens is 336 g/mol. The van der Waals surface area contributed by atoms with Crippen molar-refractivity contribution in [3.63, 3.8) is 0 Å². The van der Waals surface area contributed by atoms with Crippen molar-refractivity contribution in [3.05, 3.63) is 47.6 Å². The highest BCUT2D eigenvalue weighted by Crippen LogP contribution is 2.17. The molecule has 0 aliphatic carbocycles. The maximum Gasteiger partial charge on any atom is 0.344 e. The molecule has 26 heavy (non-hydrogen) atoms. The molecule has 0 N–H and O–H groups in total. The smallest absolute Gasteiger partial charge is 0.344 e. The molecule has 1 rings (SSSR count). The molecule has 6 heteroatoms. The Balaban J connectivity index is 2.30. The maximum absolute atomic E-state index is 11.5. The van der Waals surface area contributed by atoms with E-state index >= 15 is 0 Å². The van der Waals surface area contributed by atoms with Crippen LogP contribution in [0.3, 0.4) is 0 Å². The van der Waals surface area contributed by atoms with Crippen LogP contribution in [0.25, 0.3) is 0 Å². The Morgan fingerprint density at radius 1 is 0.731 bits per heavy atom. The fraction of sp³-hybridized carbons (Fsp3) is 0.400. The second-order valence-corrected chi connectivity index (χ2v) is 5.98. The molecule has 1 aromatic carbocycles. The highest BCUT2D eigenvalue weighted by Gasteiger charge is 2.06. The average Bonchev–Trinajstić information content (AvgIpc) is 2.58. The molecule has 0 radical (unpaired) electrons. The summed E-state index contributed by atoms with van der Waals surface area (Å²) < 4.78 is 20.6. The summed E-state index contributed by atoms with van der Waals surface area (Å²) in [5.74, 6) is 0.120. The molecule has 0 aliphatic rings. The largest absolute Gasteiger partial charge is 0.482 e. The summed E-state index contributed by atoms with van der Waals surface area (Å²) >= 11 is 0. The Kier molecular flexibility index (Phi) is 9.61. The van der Waals surface area contributed by atoms with E-state index in [1.807, 2.05) is 39.8 Å². The van der Waals surface area contributed by atoms with Crippen LogP contribution in [0.2, 0.25) is 0 Å². The number of benzene rings is 1. The molecule has 142 valence electrons. The molecule has 0 aromatic heterocycles. The van der Waals surface area contributed by atoms with Gasteiger partial charge in [-0.2, -0.15) is 0 Å². The van der Waals surface area contributed by atoms with Gasteiger partial charge in [0.05, 0.1) is 0 Å². The number of esters is 2. The summed E-state index contributed by atoms with van der Waals surface area (Å²) in [6.07, 6.45) is 3.63. The lowest BCUT2D eigenvalue weighted by atomic mass is 10.3. The third-order valence-electron chi connectivity index (χ3n) is 3.01. The molecule has 0 amide bonds. The zero-order valence-corrected chi connectivity index (χ0v) is 15.7. The van der Waals surface area contributed by atoms with Gasteiger partial charge in [-0.1, -0.05) is 11.1 Å². The average molecular weight is 362 g/mol. The first-order valence-corrected chi connectivity index (χ1v) is 8.30. The molecular formula is C20H26O6. The highest BCUT2D eigenvalue weighted by molar-refractivity contribution is 5.71. The second-order valence-electron chi connectivity index (χ2n) is 5.98. The summed E-state index contributed by atoms with van der Waals surface area (Å²) in [6.45, 7) is 7.84. The topological polar surface area (TPSA) is 71.1 Å². The molecule has 0 bridgehead atoms. The first kappa shape index (κ1) is 21.3. The quantitative estimate of drug-likeness (QED) is 0.469. The van der Waals surface area contributed by atoms with Crippen molar-refractivity contribution in [2.24, 2.45) is 0 Å². The number of carbonyl (C=O) groups excluding carboxylic acids is 2. The number of hydrogen-bond donors (Lipinski definition) is 0. The zero-order chi connectivity index (χ0) is 19.4. The van der Waals surface area contributed by atoms with Gasteiger partial charge in [-0.05, 0) is 64.1 Å². The van der Waals surface area contributed by atoms with Crippen LogP contribution >= 0.6 is 0 Å². The molecule has 0 saturated heterocycles. The van der Waals surface area contributed by atoms with Gasteiger partial charge in [-0.15, -0.1) is 0 Å². The van der Waals surface area contributed by atoms with Gasteiger partial charge < -0.3 is 18.9 Å². The minimum Gasteiger partial charge on any atom is -0.482 e. The lowest BCUT2D eigenvalue weighted by molar-refractivity contribution is -0.145. The Bertz CT molecular complexity index is 578. The van der Waals surface area contributed by atoms with E-state index < -0.39 is 11.9 Å². The van der Waals surface area contributed by atoms with Crippen molar-refractivity contribution in [1.29, 1.82) is 0 Å². The number of ether oxygens (including phenoxy) is 4. The van der Waals surface area contributed by atoms with Gasteiger partial charge >= 0.3 is 11.9 Å². The molecule has 1 aromatic rings. The minimum atomic E-state index is -0.443. The molecule has 0 unspecified atom stereocenters. The number of allylic oxidation sites excluding steroid dienone is 2. The van der Waals surface area contributed by atoms with Gasteiger partial charge in [-0.3, -0.25) is 0 Å². The minimum absolute atomic E-state index is 0.173. The van der Waals surface area contributed by atoms with Crippen LogP contribution in [-0.4, -0.2) is 38.4 Å². The monoisotopic (exact) mass is 362 g/mol. The molecule has 0 aliphatic heterocycles. The summed E-state index contributed by atoms with van der Waals surface area (Å²) in [7, 11) is 0. The van der Waals surface area contributed by atoms with E-state index in [1.165, 1.54) is 0 Å². The van der Waals surface area contributed by atoms with E-state index in [4.69, 9.17) is 18.9 Å². The maximum atomic E-state index is 11.5. The molecule has 0 saturated carbocycles. The fourth-order valence-electron chi connectivity index (χ4n) is 1.60. The summed E-state index contributed by atoms with van der Waals surface area (Å²) in [5.41, 5.74) is 2.16. The molecule has 0 fully saturated rings. The van der Waals surface area contributed by atoms with Crippen LogP contribution in [0, 0.1) is 0 Å². The lowest BCUT2D eigenvalue weighted by Gasteiger charge is -2.08. The van der Waals surface area contributed by atoms with Crippen molar-refractivity contribution in [3.8, 4) is 11.5 Å². The van der Waals surface area contributed by atoms with E-state index in [0.29, 0.717) is 11.5 Å². The van der Waals surface area contributed by atoms with Gasteiger partial charge in [0.1, 0.15) is 24.7 Å². The third kappa shape index (κ3) is 10.2. The highest BCUT2D eigenvalue weighted by atomic mass is 16.6. The van der Waals surface area contributed by atoms with Crippen molar-refractivity contribution in [2.75, 3.05) is 26.4 Å². The van der Waals surface area contributed by atoms with Crippen LogP contribution in [0.15, 0.2) is 47.6 Å². The third-order valence-corrected chi connectivity index (χ3v) is 3.01. The van der Waals surface area contributed by atoms with Crippen LogP contribution in [0.4, 0.5) is 0 Å². The van der Waals surface area contributed by atoms with E-state index in [2.05, 4.69) is 0 Å².